The summed E-state index contributed by atoms with van der Waals surface area (Å²) < 4.78 is 0. The van der Waals surface area contributed by atoms with Gasteiger partial charge < -0.3 is 10.0 Å². The van der Waals surface area contributed by atoms with E-state index in [9.17, 15) is 14.4 Å². The molecule has 6 nitrogen and oxygen atoms in total. The van der Waals surface area contributed by atoms with Gasteiger partial charge in [0, 0.05) is 25.7 Å². The lowest BCUT2D eigenvalue weighted by molar-refractivity contribution is -0.131. The van der Waals surface area contributed by atoms with Crippen LogP contribution in [0.15, 0.2) is 12.2 Å². The first-order valence-corrected chi connectivity index (χ1v) is 6.92. The largest absolute Gasteiger partial charge is 0.478 e. The van der Waals surface area contributed by atoms with Gasteiger partial charge in [-0.05, 0) is 37.0 Å². The van der Waals surface area contributed by atoms with Crippen LogP contribution in [0.1, 0.15) is 25.7 Å². The van der Waals surface area contributed by atoms with E-state index in [0.29, 0.717) is 18.5 Å². The Morgan fingerprint density at radius 3 is 2.55 bits per heavy atom. The van der Waals surface area contributed by atoms with Crippen LogP contribution in [0.4, 0.5) is 4.79 Å². The van der Waals surface area contributed by atoms with Gasteiger partial charge in [-0.1, -0.05) is 6.42 Å². The van der Waals surface area contributed by atoms with E-state index in [1.807, 2.05) is 0 Å². The molecule has 3 amide bonds. The number of imide groups is 1. The minimum absolute atomic E-state index is 0.479. The van der Waals surface area contributed by atoms with E-state index in [-0.39, 0.29) is 0 Å². The Labute approximate surface area is 117 Å². The standard InChI is InChI=1S/C14H20N2O4/c1-16(8-11-7-9-2-3-10(11)6-9)14(20)15-12(17)4-5-13(18)19/h4-5,9-11H,2-3,6-8H2,1H3,(H,18,19)(H,15,17,20). The average molecular weight is 280 g/mol. The van der Waals surface area contributed by atoms with Crippen molar-refractivity contribution in [1.82, 2.24) is 10.2 Å². The highest BCUT2D eigenvalue weighted by Crippen LogP contribution is 2.48. The Morgan fingerprint density at radius 1 is 1.25 bits per heavy atom. The summed E-state index contributed by atoms with van der Waals surface area (Å²) in [6.07, 6.45) is 6.57. The van der Waals surface area contributed by atoms with Gasteiger partial charge in [0.1, 0.15) is 0 Å². The first kappa shape index (κ1) is 14.6. The minimum Gasteiger partial charge on any atom is -0.478 e. The molecule has 0 radical (unpaired) electrons. The van der Waals surface area contributed by atoms with Gasteiger partial charge in [-0.15, -0.1) is 0 Å². The van der Waals surface area contributed by atoms with Gasteiger partial charge >= 0.3 is 12.0 Å². The van der Waals surface area contributed by atoms with Crippen molar-refractivity contribution in [2.45, 2.75) is 25.7 Å². The second-order valence-electron chi connectivity index (χ2n) is 5.78. The second-order valence-corrected chi connectivity index (χ2v) is 5.78. The summed E-state index contributed by atoms with van der Waals surface area (Å²) in [4.78, 5) is 34.9. The molecule has 2 N–H and O–H groups in total. The van der Waals surface area contributed by atoms with Crippen molar-refractivity contribution in [2.24, 2.45) is 17.8 Å². The predicted octanol–water partition coefficient (Wildman–Crippen LogP) is 1.23. The molecule has 0 aliphatic heterocycles. The highest BCUT2D eigenvalue weighted by Gasteiger charge is 2.40. The van der Waals surface area contributed by atoms with Crippen LogP contribution in [0.5, 0.6) is 0 Å². The number of amides is 3. The third-order valence-electron chi connectivity index (χ3n) is 4.35. The molecule has 0 saturated heterocycles. The SMILES string of the molecule is CN(CC1CC2CCC1C2)C(=O)NC(=O)C=CC(=O)O. The van der Waals surface area contributed by atoms with Crippen LogP contribution in [0, 0.1) is 17.8 Å². The topological polar surface area (TPSA) is 86.7 Å². The maximum Gasteiger partial charge on any atom is 0.328 e. The van der Waals surface area contributed by atoms with Crippen molar-refractivity contribution in [3.05, 3.63) is 12.2 Å². The molecule has 2 aliphatic carbocycles. The molecule has 0 aromatic heterocycles. The van der Waals surface area contributed by atoms with Crippen molar-refractivity contribution in [3.8, 4) is 0 Å². The summed E-state index contributed by atoms with van der Waals surface area (Å²) in [7, 11) is 1.66. The number of hydrogen-bond donors (Lipinski definition) is 2. The zero-order chi connectivity index (χ0) is 14.7. The predicted molar refractivity (Wildman–Crippen MR) is 71.9 cm³/mol. The summed E-state index contributed by atoms with van der Waals surface area (Å²) in [5.74, 6) is 0.147. The number of hydrogen-bond acceptors (Lipinski definition) is 3. The minimum atomic E-state index is -1.22. The summed E-state index contributed by atoms with van der Waals surface area (Å²) in [5.41, 5.74) is 0. The van der Waals surface area contributed by atoms with Crippen molar-refractivity contribution in [1.29, 1.82) is 0 Å². The number of carboxylic acid groups (broad SMARTS) is 1. The van der Waals surface area contributed by atoms with Gasteiger partial charge in [0.25, 0.3) is 5.91 Å². The van der Waals surface area contributed by atoms with Gasteiger partial charge in [0.15, 0.2) is 0 Å². The van der Waals surface area contributed by atoms with Gasteiger partial charge in [-0.2, -0.15) is 0 Å². The van der Waals surface area contributed by atoms with E-state index < -0.39 is 17.9 Å². The molecule has 0 aromatic rings. The number of carboxylic acids is 1. The number of carbonyl (C=O) groups excluding carboxylic acids is 2. The molecule has 3 atom stereocenters. The number of rotatable bonds is 4. The summed E-state index contributed by atoms with van der Waals surface area (Å²) >= 11 is 0. The van der Waals surface area contributed by atoms with Gasteiger partial charge in [-0.25, -0.2) is 9.59 Å². The van der Waals surface area contributed by atoms with Crippen molar-refractivity contribution >= 4 is 17.9 Å². The number of nitrogens with zero attached hydrogens (tertiary/aromatic N) is 1. The fourth-order valence-corrected chi connectivity index (χ4v) is 3.42. The highest BCUT2D eigenvalue weighted by molar-refractivity contribution is 6.02. The van der Waals surface area contributed by atoms with Crippen LogP contribution in [0.2, 0.25) is 0 Å². The van der Waals surface area contributed by atoms with Crippen LogP contribution in [0.3, 0.4) is 0 Å². The quantitative estimate of drug-likeness (QED) is 0.758. The fraction of sp³-hybridized carbons (Fsp3) is 0.643. The maximum atomic E-state index is 11.8. The van der Waals surface area contributed by atoms with Crippen LogP contribution < -0.4 is 5.32 Å². The lowest BCUT2D eigenvalue weighted by atomic mass is 9.88. The number of carbonyl (C=O) groups is 3. The highest BCUT2D eigenvalue weighted by atomic mass is 16.4. The summed E-state index contributed by atoms with van der Waals surface area (Å²) in [6, 6.07) is -0.479. The lowest BCUT2D eigenvalue weighted by Crippen LogP contribution is -2.42. The Hall–Kier alpha value is -1.85. The van der Waals surface area contributed by atoms with Crippen molar-refractivity contribution in [2.75, 3.05) is 13.6 Å². The smallest absolute Gasteiger partial charge is 0.328 e. The zero-order valence-electron chi connectivity index (χ0n) is 11.5. The fourth-order valence-electron chi connectivity index (χ4n) is 3.42. The van der Waals surface area contributed by atoms with E-state index in [4.69, 9.17) is 5.11 Å². The number of urea groups is 1. The molecule has 6 heteroatoms. The molecular formula is C14H20N2O4. The van der Waals surface area contributed by atoms with Gasteiger partial charge in [0.05, 0.1) is 0 Å². The van der Waals surface area contributed by atoms with Gasteiger partial charge in [-0.3, -0.25) is 10.1 Å². The number of nitrogens with one attached hydrogen (secondary N) is 1. The zero-order valence-corrected chi connectivity index (χ0v) is 11.5. The Kier molecular flexibility index (Phi) is 4.42. The normalized spacial score (nSPS) is 27.8. The van der Waals surface area contributed by atoms with E-state index in [0.717, 1.165) is 17.9 Å². The van der Waals surface area contributed by atoms with Crippen molar-refractivity contribution < 1.29 is 19.5 Å². The molecule has 2 bridgehead atoms. The second kappa shape index (κ2) is 6.07. The molecule has 2 saturated carbocycles. The van der Waals surface area contributed by atoms with Crippen LogP contribution >= 0.6 is 0 Å². The molecule has 2 rings (SSSR count). The van der Waals surface area contributed by atoms with E-state index in [1.54, 1.807) is 7.05 Å². The van der Waals surface area contributed by atoms with Crippen LogP contribution in [-0.2, 0) is 9.59 Å². The van der Waals surface area contributed by atoms with Crippen LogP contribution in [0.25, 0.3) is 0 Å². The molecule has 2 aliphatic rings. The van der Waals surface area contributed by atoms with Gasteiger partial charge in [0.2, 0.25) is 0 Å². The monoisotopic (exact) mass is 280 g/mol. The van der Waals surface area contributed by atoms with Crippen molar-refractivity contribution in [3.63, 3.8) is 0 Å². The average Bonchev–Trinajstić information content (AvgIpc) is 2.98. The van der Waals surface area contributed by atoms with E-state index in [1.165, 1.54) is 30.6 Å². The molecule has 0 aromatic carbocycles. The lowest BCUT2D eigenvalue weighted by Gasteiger charge is -2.27. The van der Waals surface area contributed by atoms with E-state index in [2.05, 4.69) is 5.32 Å². The Balaban J connectivity index is 1.77. The molecular weight excluding hydrogens is 260 g/mol. The molecule has 110 valence electrons. The Bertz CT molecular complexity index is 446. The molecule has 0 spiro atoms. The molecule has 0 heterocycles. The summed E-state index contributed by atoms with van der Waals surface area (Å²) in [5, 5.41) is 10.5. The van der Waals surface area contributed by atoms with Crippen LogP contribution in [-0.4, -0.2) is 41.5 Å². The Morgan fingerprint density at radius 2 is 2.00 bits per heavy atom. The third kappa shape index (κ3) is 3.59. The molecule has 20 heavy (non-hydrogen) atoms. The molecule has 3 unspecified atom stereocenters. The maximum absolute atomic E-state index is 11.8. The van der Waals surface area contributed by atoms with E-state index >= 15 is 0 Å². The molecule has 2 fully saturated rings. The number of aliphatic carboxylic acids is 1. The summed E-state index contributed by atoms with van der Waals surface area (Å²) in [6.45, 7) is 0.656. The first-order chi connectivity index (χ1) is 9.45. The first-order valence-electron chi connectivity index (χ1n) is 6.92. The third-order valence-corrected chi connectivity index (χ3v) is 4.35. The number of fused-ring (bicyclic) bond motifs is 2.